The number of anilines is 1. The van der Waals surface area contributed by atoms with Gasteiger partial charge in [0.15, 0.2) is 0 Å². The lowest BCUT2D eigenvalue weighted by atomic mass is 10.1. The van der Waals surface area contributed by atoms with Gasteiger partial charge in [0.1, 0.15) is 22.4 Å². The number of benzene rings is 1. The number of hydrogen-bond donors (Lipinski definition) is 2. The van der Waals surface area contributed by atoms with E-state index in [0.717, 1.165) is 16.8 Å². The zero-order chi connectivity index (χ0) is 23.7. The first-order chi connectivity index (χ1) is 14.2. The summed E-state index contributed by atoms with van der Waals surface area (Å²) in [5.41, 5.74) is 0.460. The summed E-state index contributed by atoms with van der Waals surface area (Å²) in [6, 6.07) is 0.0480. The Morgan fingerprint density at radius 2 is 1.97 bits per heavy atom. The highest BCUT2D eigenvalue weighted by Gasteiger charge is 2.40. The van der Waals surface area contributed by atoms with Crippen molar-refractivity contribution < 1.29 is 30.8 Å². The third-order valence-electron chi connectivity index (χ3n) is 4.47. The number of carbonyl (C=O) groups excluding carboxylic acids is 1. The number of halogens is 5. The maximum Gasteiger partial charge on any atom is 0.404 e. The molecule has 0 unspecified atom stereocenters. The molecule has 0 aliphatic rings. The largest absolute Gasteiger partial charge is 0.404 e. The first-order valence-electron chi connectivity index (χ1n) is 8.66. The molecule has 0 spiro atoms. The molecule has 0 fully saturated rings. The summed E-state index contributed by atoms with van der Waals surface area (Å²) in [7, 11) is -3.39. The van der Waals surface area contributed by atoms with Crippen LogP contribution in [0, 0.1) is 12.7 Å². The van der Waals surface area contributed by atoms with Crippen LogP contribution in [0.5, 0.6) is 0 Å². The van der Waals surface area contributed by atoms with Gasteiger partial charge in [-0.3, -0.25) is 9.79 Å². The van der Waals surface area contributed by atoms with Crippen LogP contribution in [0.1, 0.15) is 28.5 Å². The average Bonchev–Trinajstić information content (AvgIpc) is 2.95. The van der Waals surface area contributed by atoms with Gasteiger partial charge >= 0.3 is 6.18 Å². The fourth-order valence-electron chi connectivity index (χ4n) is 2.72. The molecule has 0 bridgehead atoms. The summed E-state index contributed by atoms with van der Waals surface area (Å²) < 4.78 is 79.4. The van der Waals surface area contributed by atoms with Crippen LogP contribution >= 0.6 is 11.6 Å². The lowest BCUT2D eigenvalue weighted by molar-refractivity contribution is -0.147. The van der Waals surface area contributed by atoms with Crippen molar-refractivity contribution in [2.45, 2.75) is 37.5 Å². The third kappa shape index (κ3) is 5.25. The number of amides is 1. The maximum atomic E-state index is 13.8. The zero-order valence-corrected chi connectivity index (χ0v) is 18.2. The van der Waals surface area contributed by atoms with E-state index in [4.69, 9.17) is 11.6 Å². The van der Waals surface area contributed by atoms with E-state index in [-0.39, 0.29) is 23.5 Å². The van der Waals surface area contributed by atoms with Crippen LogP contribution in [0.25, 0.3) is 0 Å². The maximum absolute atomic E-state index is 13.8. The van der Waals surface area contributed by atoms with Crippen molar-refractivity contribution in [3.8, 4) is 0 Å². The number of aliphatic imine (C=N–C) groups is 1. The number of sulfonamides is 1. The van der Waals surface area contributed by atoms with Crippen LogP contribution in [0.3, 0.4) is 0 Å². The Labute approximate surface area is 181 Å². The Morgan fingerprint density at radius 3 is 2.52 bits per heavy atom. The molecule has 1 amide bonds. The van der Waals surface area contributed by atoms with Gasteiger partial charge in [-0.2, -0.15) is 17.9 Å². The van der Waals surface area contributed by atoms with Crippen molar-refractivity contribution in [1.29, 1.82) is 0 Å². The number of carbonyl (C=O) groups is 1. The molecule has 2 rings (SSSR count). The molecule has 170 valence electrons. The van der Waals surface area contributed by atoms with Gasteiger partial charge in [-0.1, -0.05) is 11.6 Å². The minimum absolute atomic E-state index is 0.00104. The summed E-state index contributed by atoms with van der Waals surface area (Å²) in [4.78, 5) is 15.8. The van der Waals surface area contributed by atoms with E-state index >= 15 is 0 Å². The predicted molar refractivity (Wildman–Crippen MR) is 109 cm³/mol. The first kappa shape index (κ1) is 24.8. The SMILES string of the molecule is C=NCc1c(NC(=O)c2c(Cl)c(S(=O)(=O)N[C@H](C)C(F)(F)F)cn2C)ccc(F)c1C. The second kappa shape index (κ2) is 8.97. The fraction of sp³-hybridized carbons (Fsp3) is 0.333. The third-order valence-corrected chi connectivity index (χ3v) is 6.51. The summed E-state index contributed by atoms with van der Waals surface area (Å²) in [6.07, 6.45) is -3.89. The molecule has 1 atom stereocenters. The second-order valence-electron chi connectivity index (χ2n) is 6.69. The monoisotopic (exact) mass is 482 g/mol. The van der Waals surface area contributed by atoms with Crippen molar-refractivity contribution in [3.63, 3.8) is 0 Å². The van der Waals surface area contributed by atoms with Crippen molar-refractivity contribution in [2.24, 2.45) is 12.0 Å². The molecule has 0 saturated carbocycles. The van der Waals surface area contributed by atoms with E-state index in [2.05, 4.69) is 17.0 Å². The molecule has 0 aliphatic heterocycles. The van der Waals surface area contributed by atoms with E-state index in [1.807, 2.05) is 0 Å². The molecule has 7 nitrogen and oxygen atoms in total. The zero-order valence-electron chi connectivity index (χ0n) is 16.6. The molecule has 2 N–H and O–H groups in total. The smallest absolute Gasteiger partial charge is 0.344 e. The Bertz CT molecular complexity index is 1130. The quantitative estimate of drug-likeness (QED) is 0.464. The van der Waals surface area contributed by atoms with E-state index in [9.17, 15) is 30.8 Å². The van der Waals surface area contributed by atoms with Crippen LogP contribution in [0.15, 0.2) is 28.2 Å². The number of nitrogens with zero attached hydrogens (tertiary/aromatic N) is 2. The van der Waals surface area contributed by atoms with Crippen LogP contribution in [0.4, 0.5) is 23.2 Å². The summed E-state index contributed by atoms with van der Waals surface area (Å²) in [5, 5.41) is 1.93. The highest BCUT2D eigenvalue weighted by molar-refractivity contribution is 7.89. The molecule has 31 heavy (non-hydrogen) atoms. The van der Waals surface area contributed by atoms with Gasteiger partial charge in [-0.15, -0.1) is 0 Å². The van der Waals surface area contributed by atoms with Crippen molar-refractivity contribution in [3.05, 3.63) is 46.0 Å². The average molecular weight is 483 g/mol. The Balaban J connectivity index is 2.42. The number of alkyl halides is 3. The summed E-state index contributed by atoms with van der Waals surface area (Å²) in [5.74, 6) is -1.37. The van der Waals surface area contributed by atoms with Gasteiger partial charge in [0.05, 0.1) is 11.6 Å². The van der Waals surface area contributed by atoms with Gasteiger partial charge < -0.3 is 9.88 Å². The van der Waals surface area contributed by atoms with Crippen molar-refractivity contribution in [2.75, 3.05) is 5.32 Å². The summed E-state index contributed by atoms with van der Waals surface area (Å²) >= 11 is 6.06. The number of aromatic nitrogens is 1. The molecular weight excluding hydrogens is 464 g/mol. The molecule has 0 aliphatic carbocycles. The van der Waals surface area contributed by atoms with Crippen LogP contribution in [-0.4, -0.2) is 37.8 Å². The number of aryl methyl sites for hydroxylation is 1. The minimum atomic E-state index is -4.81. The molecule has 1 aromatic carbocycles. The number of hydrogen-bond acceptors (Lipinski definition) is 4. The standard InChI is InChI=1S/C18H19ClF4N4O3S/c1-9-11(7-24-3)13(6-5-12(9)20)25-17(28)16-15(19)14(8-27(16)4)31(29,30)26-10(2)18(21,22)23/h5-6,8,10,26H,3,7H2,1-2,4H3,(H,25,28)/t10-/m1/s1. The fourth-order valence-corrected chi connectivity index (χ4v) is 4.65. The van der Waals surface area contributed by atoms with E-state index < -0.39 is 43.9 Å². The summed E-state index contributed by atoms with van der Waals surface area (Å²) in [6.45, 7) is 5.46. The Morgan fingerprint density at radius 1 is 1.35 bits per heavy atom. The minimum Gasteiger partial charge on any atom is -0.344 e. The molecule has 0 radical (unpaired) electrons. The van der Waals surface area contributed by atoms with E-state index in [1.165, 1.54) is 24.8 Å². The van der Waals surface area contributed by atoms with Gasteiger partial charge in [0.2, 0.25) is 10.0 Å². The van der Waals surface area contributed by atoms with Gasteiger partial charge in [-0.05, 0) is 38.3 Å². The second-order valence-corrected chi connectivity index (χ2v) is 8.75. The van der Waals surface area contributed by atoms with Crippen LogP contribution in [0.2, 0.25) is 5.02 Å². The topological polar surface area (TPSA) is 92.6 Å². The predicted octanol–water partition coefficient (Wildman–Crippen LogP) is 3.81. The van der Waals surface area contributed by atoms with Crippen LogP contribution < -0.4 is 10.0 Å². The van der Waals surface area contributed by atoms with Crippen molar-refractivity contribution >= 4 is 39.9 Å². The molecular formula is C18H19ClF4N4O3S. The lowest BCUT2D eigenvalue weighted by Crippen LogP contribution is -2.42. The molecule has 1 heterocycles. The normalized spacial score (nSPS) is 13.2. The highest BCUT2D eigenvalue weighted by atomic mass is 35.5. The van der Waals surface area contributed by atoms with Crippen LogP contribution in [-0.2, 0) is 23.6 Å². The molecule has 0 saturated heterocycles. The number of rotatable bonds is 7. The van der Waals surface area contributed by atoms with E-state index in [1.54, 1.807) is 0 Å². The van der Waals surface area contributed by atoms with E-state index in [0.29, 0.717) is 12.5 Å². The number of nitrogens with one attached hydrogen (secondary N) is 2. The van der Waals surface area contributed by atoms with Gasteiger partial charge in [0.25, 0.3) is 5.91 Å². The Hall–Kier alpha value is -2.44. The highest BCUT2D eigenvalue weighted by Crippen LogP contribution is 2.30. The van der Waals surface area contributed by atoms with Crippen molar-refractivity contribution in [1.82, 2.24) is 9.29 Å². The van der Waals surface area contributed by atoms with Gasteiger partial charge in [0, 0.05) is 24.5 Å². The van der Waals surface area contributed by atoms with Gasteiger partial charge in [-0.25, -0.2) is 12.8 Å². The first-order valence-corrected chi connectivity index (χ1v) is 10.5. The molecule has 1 aromatic heterocycles. The molecule has 13 heteroatoms. The lowest BCUT2D eigenvalue weighted by Gasteiger charge is -2.16. The Kier molecular flexibility index (Phi) is 7.18. The molecule has 2 aromatic rings.